The number of nitrogens with one attached hydrogen (secondary N) is 1. The zero-order chi connectivity index (χ0) is 13.8. The Hall–Kier alpha value is -1.39. The van der Waals surface area contributed by atoms with Crippen LogP contribution in [-0.2, 0) is 13.6 Å². The molecule has 5 heteroatoms. The lowest BCUT2D eigenvalue weighted by molar-refractivity contribution is 0.370. The Bertz CT molecular complexity index is 547. The smallest absolute Gasteiger partial charge is 0.117 e. The van der Waals surface area contributed by atoms with Crippen LogP contribution in [0.1, 0.15) is 37.8 Å². The first kappa shape index (κ1) is 16.0. The van der Waals surface area contributed by atoms with E-state index in [1.807, 2.05) is 25.2 Å². The molecule has 0 bridgehead atoms. The number of nitrogens with zero attached hydrogens (tertiary/aromatic N) is 3. The van der Waals surface area contributed by atoms with Crippen LogP contribution in [0.5, 0.6) is 0 Å². The molecule has 3 rings (SSSR count). The maximum Gasteiger partial charge on any atom is 0.117 e. The predicted molar refractivity (Wildman–Crippen MR) is 87.4 cm³/mol. The van der Waals surface area contributed by atoms with Crippen molar-refractivity contribution in [3.8, 4) is 11.3 Å². The SMILES string of the molecule is Cl.Cn1nc(CNC2CCCCC2)c(-c2ccccc2)n1. The van der Waals surface area contributed by atoms with Crippen molar-refractivity contribution < 1.29 is 0 Å². The van der Waals surface area contributed by atoms with Gasteiger partial charge in [0, 0.05) is 25.2 Å². The second-order valence-electron chi connectivity index (χ2n) is 5.57. The van der Waals surface area contributed by atoms with Crippen molar-refractivity contribution in [2.45, 2.75) is 44.7 Å². The predicted octanol–water partition coefficient (Wildman–Crippen LogP) is 3.33. The molecule has 4 nitrogen and oxygen atoms in total. The van der Waals surface area contributed by atoms with Crippen LogP contribution in [-0.4, -0.2) is 21.0 Å². The third-order valence-corrected chi connectivity index (χ3v) is 3.99. The average molecular weight is 307 g/mol. The fraction of sp³-hybridized carbons (Fsp3) is 0.500. The molecule has 1 fully saturated rings. The van der Waals surface area contributed by atoms with Gasteiger partial charge in [0.05, 0.1) is 0 Å². The van der Waals surface area contributed by atoms with Gasteiger partial charge in [0.15, 0.2) is 0 Å². The van der Waals surface area contributed by atoms with Gasteiger partial charge in [0.1, 0.15) is 11.4 Å². The van der Waals surface area contributed by atoms with E-state index >= 15 is 0 Å². The Morgan fingerprint density at radius 2 is 1.81 bits per heavy atom. The zero-order valence-corrected chi connectivity index (χ0v) is 13.3. The molecule has 0 amide bonds. The molecule has 1 saturated carbocycles. The Morgan fingerprint density at radius 3 is 2.52 bits per heavy atom. The van der Waals surface area contributed by atoms with E-state index in [1.54, 1.807) is 4.80 Å². The highest BCUT2D eigenvalue weighted by molar-refractivity contribution is 5.85. The molecule has 21 heavy (non-hydrogen) atoms. The van der Waals surface area contributed by atoms with Crippen molar-refractivity contribution in [2.75, 3.05) is 0 Å². The van der Waals surface area contributed by atoms with Gasteiger partial charge >= 0.3 is 0 Å². The van der Waals surface area contributed by atoms with Gasteiger partial charge in [-0.1, -0.05) is 49.6 Å². The zero-order valence-electron chi connectivity index (χ0n) is 12.5. The number of aryl methyl sites for hydroxylation is 1. The molecule has 114 valence electrons. The third kappa shape index (κ3) is 4.05. The lowest BCUT2D eigenvalue weighted by Gasteiger charge is -2.22. The van der Waals surface area contributed by atoms with E-state index in [2.05, 4.69) is 27.6 Å². The van der Waals surface area contributed by atoms with E-state index in [9.17, 15) is 0 Å². The Labute approximate surface area is 132 Å². The monoisotopic (exact) mass is 306 g/mol. The van der Waals surface area contributed by atoms with Crippen LogP contribution in [0.3, 0.4) is 0 Å². The van der Waals surface area contributed by atoms with Crippen molar-refractivity contribution in [3.05, 3.63) is 36.0 Å². The van der Waals surface area contributed by atoms with Gasteiger partial charge in [-0.15, -0.1) is 12.4 Å². The summed E-state index contributed by atoms with van der Waals surface area (Å²) in [4.78, 5) is 1.67. The van der Waals surface area contributed by atoms with E-state index < -0.39 is 0 Å². The minimum absolute atomic E-state index is 0. The van der Waals surface area contributed by atoms with Crippen LogP contribution in [0.4, 0.5) is 0 Å². The summed E-state index contributed by atoms with van der Waals surface area (Å²) in [5, 5.41) is 12.7. The summed E-state index contributed by atoms with van der Waals surface area (Å²) in [5.41, 5.74) is 3.18. The number of rotatable bonds is 4. The van der Waals surface area contributed by atoms with Crippen molar-refractivity contribution in [1.82, 2.24) is 20.3 Å². The van der Waals surface area contributed by atoms with Crippen LogP contribution in [0.2, 0.25) is 0 Å². The molecule has 1 aliphatic rings. The molecule has 0 atom stereocenters. The van der Waals surface area contributed by atoms with Crippen molar-refractivity contribution >= 4 is 12.4 Å². The van der Waals surface area contributed by atoms with Gasteiger partial charge in [0.2, 0.25) is 0 Å². The second-order valence-corrected chi connectivity index (χ2v) is 5.57. The second kappa shape index (κ2) is 7.57. The molecule has 0 radical (unpaired) electrons. The van der Waals surface area contributed by atoms with Crippen LogP contribution in [0.25, 0.3) is 11.3 Å². The molecule has 0 spiro atoms. The number of benzene rings is 1. The molecule has 0 aliphatic heterocycles. The van der Waals surface area contributed by atoms with Crippen LogP contribution < -0.4 is 5.32 Å². The Morgan fingerprint density at radius 1 is 1.10 bits per heavy atom. The maximum atomic E-state index is 4.51. The molecule has 0 saturated heterocycles. The first-order chi connectivity index (χ1) is 9.83. The summed E-state index contributed by atoms with van der Waals surface area (Å²) in [6, 6.07) is 10.9. The van der Waals surface area contributed by atoms with E-state index in [4.69, 9.17) is 0 Å². The third-order valence-electron chi connectivity index (χ3n) is 3.99. The van der Waals surface area contributed by atoms with E-state index in [0.717, 1.165) is 23.5 Å². The van der Waals surface area contributed by atoms with Gasteiger partial charge in [-0.05, 0) is 12.8 Å². The fourth-order valence-electron chi connectivity index (χ4n) is 2.93. The minimum Gasteiger partial charge on any atom is -0.308 e. The topological polar surface area (TPSA) is 42.7 Å². The molecule has 2 aromatic rings. The van der Waals surface area contributed by atoms with E-state index in [1.165, 1.54) is 32.1 Å². The molecule has 1 aromatic heterocycles. The van der Waals surface area contributed by atoms with Gasteiger partial charge in [-0.3, -0.25) is 0 Å². The molecule has 1 heterocycles. The number of halogens is 1. The first-order valence-electron chi connectivity index (χ1n) is 7.52. The molecule has 1 N–H and O–H groups in total. The van der Waals surface area contributed by atoms with Crippen molar-refractivity contribution in [1.29, 1.82) is 0 Å². The highest BCUT2D eigenvalue weighted by Crippen LogP contribution is 2.21. The van der Waals surface area contributed by atoms with E-state index in [0.29, 0.717) is 6.04 Å². The lowest BCUT2D eigenvalue weighted by Crippen LogP contribution is -2.30. The summed E-state index contributed by atoms with van der Waals surface area (Å²) in [5.74, 6) is 0. The van der Waals surface area contributed by atoms with Crippen molar-refractivity contribution in [2.24, 2.45) is 7.05 Å². The fourth-order valence-corrected chi connectivity index (χ4v) is 2.93. The standard InChI is InChI=1S/C16H22N4.ClH/c1-20-18-15(12-17-14-10-6-3-7-11-14)16(19-20)13-8-4-2-5-9-13;/h2,4-5,8-9,14,17H,3,6-7,10-12H2,1H3;1H. The largest absolute Gasteiger partial charge is 0.308 e. The molecule has 1 aromatic carbocycles. The first-order valence-corrected chi connectivity index (χ1v) is 7.52. The summed E-state index contributed by atoms with van der Waals surface area (Å²) in [6.45, 7) is 0.808. The molecular weight excluding hydrogens is 284 g/mol. The quantitative estimate of drug-likeness (QED) is 0.942. The Kier molecular flexibility index (Phi) is 5.76. The van der Waals surface area contributed by atoms with Crippen LogP contribution in [0.15, 0.2) is 30.3 Å². The van der Waals surface area contributed by atoms with Gasteiger partial charge in [-0.2, -0.15) is 15.0 Å². The average Bonchev–Trinajstić information content (AvgIpc) is 2.88. The summed E-state index contributed by atoms with van der Waals surface area (Å²) in [7, 11) is 1.89. The number of hydrogen-bond acceptors (Lipinski definition) is 3. The molecular formula is C16H23ClN4. The normalized spacial score (nSPS) is 15.7. The lowest BCUT2D eigenvalue weighted by atomic mass is 9.95. The minimum atomic E-state index is 0. The van der Waals surface area contributed by atoms with E-state index in [-0.39, 0.29) is 12.4 Å². The number of hydrogen-bond donors (Lipinski definition) is 1. The molecule has 0 unspecified atom stereocenters. The number of aromatic nitrogens is 3. The van der Waals surface area contributed by atoms with Gasteiger partial charge in [0.25, 0.3) is 0 Å². The highest BCUT2D eigenvalue weighted by Gasteiger charge is 2.16. The Balaban J connectivity index is 0.00000161. The molecule has 1 aliphatic carbocycles. The summed E-state index contributed by atoms with van der Waals surface area (Å²) in [6.07, 6.45) is 6.67. The van der Waals surface area contributed by atoms with Crippen molar-refractivity contribution in [3.63, 3.8) is 0 Å². The summed E-state index contributed by atoms with van der Waals surface area (Å²) < 4.78 is 0. The van der Waals surface area contributed by atoms with Gasteiger partial charge in [-0.25, -0.2) is 0 Å². The highest BCUT2D eigenvalue weighted by atomic mass is 35.5. The maximum absolute atomic E-state index is 4.51. The van der Waals surface area contributed by atoms with Gasteiger partial charge < -0.3 is 5.32 Å². The summed E-state index contributed by atoms with van der Waals surface area (Å²) >= 11 is 0. The van der Waals surface area contributed by atoms with Crippen LogP contribution >= 0.6 is 12.4 Å². The van der Waals surface area contributed by atoms with Crippen LogP contribution in [0, 0.1) is 0 Å².